The fraction of sp³-hybridized carbons (Fsp3) is 0.273. The number of rotatable bonds is 7. The van der Waals surface area contributed by atoms with Gasteiger partial charge in [-0.05, 0) is 43.7 Å². The molecule has 0 aliphatic heterocycles. The van der Waals surface area contributed by atoms with Gasteiger partial charge in [0, 0.05) is 17.7 Å². The van der Waals surface area contributed by atoms with Crippen LogP contribution in [0.5, 0.6) is 0 Å². The third-order valence-electron chi connectivity index (χ3n) is 4.62. The summed E-state index contributed by atoms with van der Waals surface area (Å²) >= 11 is 6.30. The van der Waals surface area contributed by atoms with Crippen LogP contribution in [0.25, 0.3) is 11.5 Å². The summed E-state index contributed by atoms with van der Waals surface area (Å²) in [6, 6.07) is 14.2. The zero-order chi connectivity index (χ0) is 21.7. The first-order chi connectivity index (χ1) is 14.4. The minimum atomic E-state index is -0.617. The fourth-order valence-corrected chi connectivity index (χ4v) is 3.10. The first-order valence-electron chi connectivity index (χ1n) is 9.48. The highest BCUT2D eigenvalue weighted by atomic mass is 35.5. The van der Waals surface area contributed by atoms with Crippen LogP contribution in [0.4, 0.5) is 5.69 Å². The standard InChI is InChI=1S/C22H21ClN4O3/c1-4-18(28)29-14(3)20(25-17-11-10-16(12-24)19(23)13(17)2)22-27-26-21(30-22)15-8-6-5-7-9-15/h5-11,14,20,25H,4H2,1-3H3. The van der Waals surface area contributed by atoms with Crippen molar-refractivity contribution in [1.29, 1.82) is 5.26 Å². The predicted molar refractivity (Wildman–Crippen MR) is 113 cm³/mol. The number of esters is 1. The molecule has 8 heteroatoms. The number of ether oxygens (including phenoxy) is 1. The third kappa shape index (κ3) is 4.61. The van der Waals surface area contributed by atoms with Gasteiger partial charge in [0.1, 0.15) is 18.2 Å². The second-order valence-electron chi connectivity index (χ2n) is 6.69. The average molecular weight is 425 g/mol. The van der Waals surface area contributed by atoms with Crippen molar-refractivity contribution in [3.05, 3.63) is 64.5 Å². The topological polar surface area (TPSA) is 101 Å². The number of nitrogens with zero attached hydrogens (tertiary/aromatic N) is 3. The van der Waals surface area contributed by atoms with Crippen molar-refractivity contribution < 1.29 is 13.9 Å². The van der Waals surface area contributed by atoms with Crippen LogP contribution in [0.2, 0.25) is 5.02 Å². The van der Waals surface area contributed by atoms with Crippen LogP contribution in [0.1, 0.15) is 43.3 Å². The minimum Gasteiger partial charge on any atom is -0.460 e. The molecule has 0 aliphatic rings. The van der Waals surface area contributed by atoms with Gasteiger partial charge in [0.15, 0.2) is 0 Å². The largest absolute Gasteiger partial charge is 0.460 e. The average Bonchev–Trinajstić information content (AvgIpc) is 3.25. The van der Waals surface area contributed by atoms with Gasteiger partial charge in [-0.15, -0.1) is 10.2 Å². The number of carbonyl (C=O) groups excluding carboxylic acids is 1. The van der Waals surface area contributed by atoms with Crippen LogP contribution in [-0.4, -0.2) is 22.3 Å². The molecule has 3 rings (SSSR count). The Hall–Kier alpha value is -3.37. The molecule has 2 atom stereocenters. The highest BCUT2D eigenvalue weighted by Crippen LogP contribution is 2.32. The van der Waals surface area contributed by atoms with Crippen molar-refractivity contribution in [2.75, 3.05) is 5.32 Å². The summed E-state index contributed by atoms with van der Waals surface area (Å²) in [7, 11) is 0. The van der Waals surface area contributed by atoms with Gasteiger partial charge in [0.2, 0.25) is 11.8 Å². The number of hydrogen-bond acceptors (Lipinski definition) is 7. The van der Waals surface area contributed by atoms with Gasteiger partial charge < -0.3 is 14.5 Å². The molecule has 154 valence electrons. The Bertz CT molecular complexity index is 1080. The number of nitrogens with one attached hydrogen (secondary N) is 1. The Kier molecular flexibility index (Phi) is 6.70. The van der Waals surface area contributed by atoms with E-state index in [1.807, 2.05) is 30.3 Å². The Morgan fingerprint density at radius 2 is 2.00 bits per heavy atom. The maximum atomic E-state index is 11.9. The Balaban J connectivity index is 1.96. The van der Waals surface area contributed by atoms with E-state index in [0.29, 0.717) is 27.7 Å². The van der Waals surface area contributed by atoms with Crippen LogP contribution in [0.3, 0.4) is 0 Å². The lowest BCUT2D eigenvalue weighted by atomic mass is 10.1. The number of halogens is 1. The van der Waals surface area contributed by atoms with E-state index >= 15 is 0 Å². The number of aromatic nitrogens is 2. The minimum absolute atomic E-state index is 0.248. The second kappa shape index (κ2) is 9.42. The smallest absolute Gasteiger partial charge is 0.305 e. The first-order valence-corrected chi connectivity index (χ1v) is 9.86. The summed E-state index contributed by atoms with van der Waals surface area (Å²) in [5.74, 6) is 0.290. The molecule has 0 saturated carbocycles. The van der Waals surface area contributed by atoms with Crippen LogP contribution < -0.4 is 5.32 Å². The molecule has 0 aliphatic carbocycles. The van der Waals surface area contributed by atoms with Gasteiger partial charge in [0.05, 0.1) is 10.6 Å². The molecule has 0 saturated heterocycles. The van der Waals surface area contributed by atoms with Crippen molar-refractivity contribution >= 4 is 23.3 Å². The molecule has 0 bridgehead atoms. The molecule has 0 amide bonds. The van der Waals surface area contributed by atoms with E-state index in [2.05, 4.69) is 21.6 Å². The van der Waals surface area contributed by atoms with E-state index in [1.165, 1.54) is 0 Å². The number of carbonyl (C=O) groups is 1. The maximum absolute atomic E-state index is 11.9. The van der Waals surface area contributed by atoms with E-state index in [0.717, 1.165) is 5.56 Å². The number of nitriles is 1. The zero-order valence-corrected chi connectivity index (χ0v) is 17.6. The zero-order valence-electron chi connectivity index (χ0n) is 16.8. The fourth-order valence-electron chi connectivity index (χ4n) is 2.89. The molecule has 7 nitrogen and oxygen atoms in total. The van der Waals surface area contributed by atoms with Gasteiger partial charge in [-0.3, -0.25) is 4.79 Å². The van der Waals surface area contributed by atoms with Crippen molar-refractivity contribution in [3.63, 3.8) is 0 Å². The van der Waals surface area contributed by atoms with Gasteiger partial charge in [-0.25, -0.2) is 0 Å². The molecule has 0 radical (unpaired) electrons. The number of anilines is 1. The summed E-state index contributed by atoms with van der Waals surface area (Å²) in [5, 5.41) is 21.1. The SMILES string of the molecule is CCC(=O)OC(C)C(Nc1ccc(C#N)c(Cl)c1C)c1nnc(-c2ccccc2)o1. The first kappa shape index (κ1) is 21.3. The molecular formula is C22H21ClN4O3. The highest BCUT2D eigenvalue weighted by molar-refractivity contribution is 6.32. The van der Waals surface area contributed by atoms with Crippen LogP contribution in [0.15, 0.2) is 46.9 Å². The third-order valence-corrected chi connectivity index (χ3v) is 5.11. The summed E-state index contributed by atoms with van der Waals surface area (Å²) in [6.07, 6.45) is -0.354. The van der Waals surface area contributed by atoms with Crippen molar-refractivity contribution in [1.82, 2.24) is 10.2 Å². The van der Waals surface area contributed by atoms with Gasteiger partial charge >= 0.3 is 5.97 Å². The van der Waals surface area contributed by atoms with E-state index in [4.69, 9.17) is 20.8 Å². The van der Waals surface area contributed by atoms with E-state index in [-0.39, 0.29) is 18.3 Å². The van der Waals surface area contributed by atoms with E-state index in [9.17, 15) is 10.1 Å². The molecular weight excluding hydrogens is 404 g/mol. The molecule has 1 heterocycles. The molecule has 30 heavy (non-hydrogen) atoms. The molecule has 3 aromatic rings. The molecule has 2 aromatic carbocycles. The predicted octanol–water partition coefficient (Wildman–Crippen LogP) is 5.07. The quantitative estimate of drug-likeness (QED) is 0.528. The van der Waals surface area contributed by atoms with Crippen molar-refractivity contribution in [3.8, 4) is 17.5 Å². The lowest BCUT2D eigenvalue weighted by molar-refractivity contribution is -0.148. The summed E-state index contributed by atoms with van der Waals surface area (Å²) in [5.41, 5.74) is 2.53. The van der Waals surface area contributed by atoms with E-state index in [1.54, 1.807) is 32.9 Å². The summed E-state index contributed by atoms with van der Waals surface area (Å²) < 4.78 is 11.4. The normalized spacial score (nSPS) is 12.6. The van der Waals surface area contributed by atoms with Crippen LogP contribution >= 0.6 is 11.6 Å². The Labute approximate surface area is 179 Å². The lowest BCUT2D eigenvalue weighted by Crippen LogP contribution is -2.28. The van der Waals surface area contributed by atoms with Gasteiger partial charge in [-0.1, -0.05) is 36.7 Å². The monoisotopic (exact) mass is 424 g/mol. The Morgan fingerprint density at radius 1 is 1.27 bits per heavy atom. The van der Waals surface area contributed by atoms with Crippen molar-refractivity contribution in [2.45, 2.75) is 39.3 Å². The molecule has 1 N–H and O–H groups in total. The highest BCUT2D eigenvalue weighted by Gasteiger charge is 2.29. The second-order valence-corrected chi connectivity index (χ2v) is 7.07. The molecule has 2 unspecified atom stereocenters. The van der Waals surface area contributed by atoms with Gasteiger partial charge in [0.25, 0.3) is 0 Å². The maximum Gasteiger partial charge on any atom is 0.305 e. The van der Waals surface area contributed by atoms with E-state index < -0.39 is 12.1 Å². The molecule has 0 spiro atoms. The van der Waals surface area contributed by atoms with Crippen LogP contribution in [0, 0.1) is 18.3 Å². The van der Waals surface area contributed by atoms with Crippen molar-refractivity contribution in [2.24, 2.45) is 0 Å². The summed E-state index contributed by atoms with van der Waals surface area (Å²) in [6.45, 7) is 5.27. The van der Waals surface area contributed by atoms with Gasteiger partial charge in [-0.2, -0.15) is 5.26 Å². The lowest BCUT2D eigenvalue weighted by Gasteiger charge is -2.24. The summed E-state index contributed by atoms with van der Waals surface area (Å²) in [4.78, 5) is 11.9. The number of hydrogen-bond donors (Lipinski definition) is 1. The molecule has 1 aromatic heterocycles. The Morgan fingerprint density at radius 3 is 2.67 bits per heavy atom. The molecule has 0 fully saturated rings. The number of benzene rings is 2. The van der Waals surface area contributed by atoms with Crippen LogP contribution in [-0.2, 0) is 9.53 Å².